The van der Waals surface area contributed by atoms with E-state index < -0.39 is 23.4 Å². The molecule has 0 aliphatic carbocycles. The highest BCUT2D eigenvalue weighted by Crippen LogP contribution is 2.41. The maximum atomic E-state index is 17.0. The summed E-state index contributed by atoms with van der Waals surface area (Å²) in [5, 5.41) is 2.16. The van der Waals surface area contributed by atoms with E-state index in [1.54, 1.807) is 30.1 Å². The van der Waals surface area contributed by atoms with E-state index in [0.717, 1.165) is 23.6 Å². The van der Waals surface area contributed by atoms with Crippen molar-refractivity contribution in [3.05, 3.63) is 54.3 Å². The zero-order chi connectivity index (χ0) is 35.4. The summed E-state index contributed by atoms with van der Waals surface area (Å²) in [5.74, 6) is -2.42. The number of ether oxygens (including phenoxy) is 4. The molecule has 10 nitrogen and oxygen atoms in total. The monoisotopic (exact) mass is 693 g/mol. The second-order valence-corrected chi connectivity index (χ2v) is 14.5. The van der Waals surface area contributed by atoms with Crippen LogP contribution in [-0.4, -0.2) is 103 Å². The number of piperazine rings is 1. The van der Waals surface area contributed by atoms with Gasteiger partial charge in [-0.15, -0.1) is 0 Å². The smallest absolute Gasteiger partial charge is 0.410 e. The summed E-state index contributed by atoms with van der Waals surface area (Å²) in [5.41, 5.74) is 0.324. The van der Waals surface area contributed by atoms with Crippen molar-refractivity contribution < 1.29 is 36.9 Å². The number of fused-ring (bicyclic) bond motifs is 4. The molecule has 266 valence electrons. The van der Waals surface area contributed by atoms with Crippen LogP contribution < -0.4 is 14.4 Å². The quantitative estimate of drug-likeness (QED) is 0.183. The van der Waals surface area contributed by atoms with Crippen molar-refractivity contribution >= 4 is 33.6 Å². The number of amides is 1. The molecule has 3 aromatic carbocycles. The largest absolute Gasteiger partial charge is 0.468 e. The molecule has 3 aliphatic heterocycles. The van der Waals surface area contributed by atoms with E-state index in [0.29, 0.717) is 41.2 Å². The van der Waals surface area contributed by atoms with Gasteiger partial charge in [0.05, 0.1) is 18.6 Å². The minimum atomic E-state index is -2.82. The Kier molecular flexibility index (Phi) is 8.92. The van der Waals surface area contributed by atoms with E-state index >= 15 is 4.39 Å². The Hall–Kier alpha value is -4.36. The molecule has 0 saturated carbocycles. The van der Waals surface area contributed by atoms with Crippen LogP contribution in [0, 0.1) is 5.82 Å². The Morgan fingerprint density at radius 1 is 0.980 bits per heavy atom. The number of methoxy groups -OCH3 is 1. The molecule has 50 heavy (non-hydrogen) atoms. The number of aromatic nitrogens is 2. The molecule has 4 heterocycles. The Balaban J connectivity index is 1.29. The molecule has 7 rings (SSSR count). The van der Waals surface area contributed by atoms with Gasteiger partial charge in [0, 0.05) is 43.6 Å². The van der Waals surface area contributed by atoms with Gasteiger partial charge in [0.1, 0.15) is 29.3 Å². The Labute approximate surface area is 289 Å². The Bertz CT molecular complexity index is 1910. The highest BCUT2D eigenvalue weighted by molar-refractivity contribution is 6.01. The van der Waals surface area contributed by atoms with Crippen LogP contribution in [0.3, 0.4) is 0 Å². The maximum absolute atomic E-state index is 17.0. The average Bonchev–Trinajstić information content (AvgIpc) is 3.49. The molecule has 2 bridgehead atoms. The van der Waals surface area contributed by atoms with Gasteiger partial charge in [0.15, 0.2) is 12.6 Å². The number of hydrogen-bond acceptors (Lipinski definition) is 9. The summed E-state index contributed by atoms with van der Waals surface area (Å²) in [4.78, 5) is 27.9. The summed E-state index contributed by atoms with van der Waals surface area (Å²) < 4.78 is 67.9. The van der Waals surface area contributed by atoms with Crippen molar-refractivity contribution in [2.24, 2.45) is 0 Å². The van der Waals surface area contributed by atoms with E-state index in [9.17, 15) is 13.6 Å². The fourth-order valence-corrected chi connectivity index (χ4v) is 7.46. The van der Waals surface area contributed by atoms with Gasteiger partial charge in [0.2, 0.25) is 0 Å². The Morgan fingerprint density at radius 3 is 2.40 bits per heavy atom. The number of carbonyl (C=O) groups excluding carboxylic acids is 1. The molecule has 1 amide bonds. The molecule has 13 heteroatoms. The van der Waals surface area contributed by atoms with Crippen molar-refractivity contribution in [2.75, 3.05) is 52.1 Å². The van der Waals surface area contributed by atoms with E-state index in [2.05, 4.69) is 4.98 Å². The second kappa shape index (κ2) is 13.1. The first-order valence-corrected chi connectivity index (χ1v) is 16.9. The number of nitrogens with zero attached hydrogens (tertiary/aromatic N) is 5. The van der Waals surface area contributed by atoms with E-state index in [4.69, 9.17) is 23.9 Å². The van der Waals surface area contributed by atoms with Gasteiger partial charge < -0.3 is 23.8 Å². The van der Waals surface area contributed by atoms with Crippen LogP contribution in [0.4, 0.5) is 23.8 Å². The topological polar surface area (TPSA) is 89.5 Å². The standard InChI is InChI=1S/C37H42F3N5O5/c1-36(2,3)50-35(46)45-23-10-11-24(45)18-44(17-23)33-29-13-12-28(30-15-26(49-21-47-5)14-22-8-6-7-9-27(22)30)31(38)32(29)41-34(42-33)48-19-25-16-37(39,40)20-43(25)4/h6-9,12-15,23-25H,10-11,16-21H2,1-5H3/t23?,24?,25-/m0/s1. The number of hydrogen-bond donors (Lipinski definition) is 0. The molecular weight excluding hydrogens is 651 g/mol. The lowest BCUT2D eigenvalue weighted by molar-refractivity contribution is 0.0119. The van der Waals surface area contributed by atoms with E-state index in [-0.39, 0.29) is 56.1 Å². The minimum absolute atomic E-state index is 0.0283. The van der Waals surface area contributed by atoms with Crippen LogP contribution in [0.2, 0.25) is 0 Å². The number of halogens is 3. The molecule has 0 radical (unpaired) electrons. The van der Waals surface area contributed by atoms with Gasteiger partial charge >= 0.3 is 12.1 Å². The van der Waals surface area contributed by atoms with E-state index in [1.807, 2.05) is 60.9 Å². The fraction of sp³-hybridized carbons (Fsp3) is 0.486. The lowest BCUT2D eigenvalue weighted by Crippen LogP contribution is -2.57. The van der Waals surface area contributed by atoms with Gasteiger partial charge in [-0.3, -0.25) is 9.80 Å². The van der Waals surface area contributed by atoms with Gasteiger partial charge in [-0.2, -0.15) is 9.97 Å². The zero-order valence-corrected chi connectivity index (χ0v) is 28.9. The number of alkyl halides is 2. The van der Waals surface area contributed by atoms with Crippen molar-refractivity contribution in [3.63, 3.8) is 0 Å². The molecule has 2 unspecified atom stereocenters. The van der Waals surface area contributed by atoms with Gasteiger partial charge in [-0.25, -0.2) is 18.0 Å². The molecule has 0 spiro atoms. The van der Waals surface area contributed by atoms with Crippen molar-refractivity contribution in [1.82, 2.24) is 19.8 Å². The lowest BCUT2D eigenvalue weighted by atomic mass is 9.96. The highest BCUT2D eigenvalue weighted by atomic mass is 19.3. The average molecular weight is 694 g/mol. The van der Waals surface area contributed by atoms with Gasteiger partial charge in [-0.1, -0.05) is 30.3 Å². The number of benzene rings is 3. The fourth-order valence-electron chi connectivity index (χ4n) is 7.46. The summed E-state index contributed by atoms with van der Waals surface area (Å²) in [6, 6.07) is 13.9. The molecule has 1 aromatic heterocycles. The van der Waals surface area contributed by atoms with Crippen molar-refractivity contribution in [3.8, 4) is 22.9 Å². The van der Waals surface area contributed by atoms with Crippen LogP contribution in [0.25, 0.3) is 32.8 Å². The predicted octanol–water partition coefficient (Wildman–Crippen LogP) is 6.88. The summed E-state index contributed by atoms with van der Waals surface area (Å²) in [7, 11) is 3.16. The zero-order valence-electron chi connectivity index (χ0n) is 28.9. The van der Waals surface area contributed by atoms with Crippen LogP contribution in [0.15, 0.2) is 48.5 Å². The number of rotatable bonds is 8. The predicted molar refractivity (Wildman–Crippen MR) is 184 cm³/mol. The first-order chi connectivity index (χ1) is 23.8. The van der Waals surface area contributed by atoms with Gasteiger partial charge in [0.25, 0.3) is 5.92 Å². The lowest BCUT2D eigenvalue weighted by Gasteiger charge is -2.42. The van der Waals surface area contributed by atoms with E-state index in [1.165, 1.54) is 7.11 Å². The van der Waals surface area contributed by atoms with Crippen LogP contribution in [0.5, 0.6) is 11.8 Å². The summed E-state index contributed by atoms with van der Waals surface area (Å²) >= 11 is 0. The normalized spacial score (nSPS) is 22.0. The third kappa shape index (κ3) is 6.72. The van der Waals surface area contributed by atoms with Crippen LogP contribution in [0.1, 0.15) is 40.0 Å². The molecule has 3 aliphatic rings. The number of likely N-dealkylation sites (tertiary alicyclic amines) is 1. The summed E-state index contributed by atoms with van der Waals surface area (Å²) in [6.07, 6.45) is 0.885. The van der Waals surface area contributed by atoms with Crippen molar-refractivity contribution in [1.29, 1.82) is 0 Å². The third-order valence-corrected chi connectivity index (χ3v) is 9.66. The molecule has 3 fully saturated rings. The maximum Gasteiger partial charge on any atom is 0.410 e. The number of likely N-dealkylation sites (N-methyl/N-ethyl adjacent to an activating group) is 1. The molecule has 3 atom stereocenters. The summed E-state index contributed by atoms with van der Waals surface area (Å²) in [6.45, 7) is 6.01. The van der Waals surface area contributed by atoms with Gasteiger partial charge in [-0.05, 0) is 75.2 Å². The highest BCUT2D eigenvalue weighted by Gasteiger charge is 2.46. The van der Waals surface area contributed by atoms with Crippen molar-refractivity contribution in [2.45, 2.75) is 69.7 Å². The molecule has 0 N–H and O–H groups in total. The number of carbonyl (C=O) groups is 1. The van der Waals surface area contributed by atoms with Crippen LogP contribution >= 0.6 is 0 Å². The Morgan fingerprint density at radius 2 is 1.72 bits per heavy atom. The molecule has 4 aromatic rings. The SMILES string of the molecule is COCOc1cc(-c2ccc3c(N4CC5CCC(C4)N5C(=O)OC(C)(C)C)nc(OC[C@@H]4CC(F)(F)CN4C)nc3c2F)c2ccccc2c1. The third-order valence-electron chi connectivity index (χ3n) is 9.66. The first-order valence-electron chi connectivity index (χ1n) is 16.9. The molecular formula is C37H42F3N5O5. The van der Waals surface area contributed by atoms with Crippen LogP contribution in [-0.2, 0) is 9.47 Å². The molecule has 3 saturated heterocycles. The number of anilines is 1. The minimum Gasteiger partial charge on any atom is -0.468 e. The second-order valence-electron chi connectivity index (χ2n) is 14.5. The first kappa shape index (κ1) is 34.1.